The van der Waals surface area contributed by atoms with Gasteiger partial charge in [0.15, 0.2) is 5.16 Å². The molecular formula is C25H25N5O2S. The lowest BCUT2D eigenvalue weighted by molar-refractivity contribution is -0.113. The van der Waals surface area contributed by atoms with Crippen molar-refractivity contribution in [3.8, 4) is 11.4 Å². The van der Waals surface area contributed by atoms with Crippen molar-refractivity contribution in [2.24, 2.45) is 0 Å². The largest absolute Gasteiger partial charge is 0.487 e. The van der Waals surface area contributed by atoms with Crippen LogP contribution in [0.25, 0.3) is 5.69 Å². The molecule has 8 heteroatoms. The summed E-state index contributed by atoms with van der Waals surface area (Å²) in [6, 6.07) is 19.3. The second kappa shape index (κ2) is 10.3. The predicted octanol–water partition coefficient (Wildman–Crippen LogP) is 4.90. The molecule has 0 unspecified atom stereocenters. The van der Waals surface area contributed by atoms with Crippen LogP contribution in [-0.4, -0.2) is 31.4 Å². The van der Waals surface area contributed by atoms with Crippen molar-refractivity contribution < 1.29 is 9.53 Å². The molecule has 2 aromatic carbocycles. The highest BCUT2D eigenvalue weighted by Crippen LogP contribution is 2.25. The fraction of sp³-hybridized carbons (Fsp3) is 0.200. The molecule has 1 N–H and O–H groups in total. The first-order valence-corrected chi connectivity index (χ1v) is 11.5. The molecule has 0 spiro atoms. The third-order valence-corrected chi connectivity index (χ3v) is 5.89. The van der Waals surface area contributed by atoms with E-state index in [0.717, 1.165) is 28.3 Å². The Morgan fingerprint density at radius 1 is 1.03 bits per heavy atom. The van der Waals surface area contributed by atoms with Gasteiger partial charge in [-0.3, -0.25) is 14.3 Å². The Morgan fingerprint density at radius 3 is 2.73 bits per heavy atom. The van der Waals surface area contributed by atoms with E-state index in [1.807, 2.05) is 47.9 Å². The summed E-state index contributed by atoms with van der Waals surface area (Å²) in [5.74, 6) is 1.53. The maximum Gasteiger partial charge on any atom is 0.234 e. The van der Waals surface area contributed by atoms with E-state index in [0.29, 0.717) is 23.2 Å². The first-order valence-electron chi connectivity index (χ1n) is 10.5. The van der Waals surface area contributed by atoms with E-state index in [4.69, 9.17) is 4.74 Å². The summed E-state index contributed by atoms with van der Waals surface area (Å²) >= 11 is 1.35. The lowest BCUT2D eigenvalue weighted by Gasteiger charge is -2.12. The Morgan fingerprint density at radius 2 is 1.91 bits per heavy atom. The summed E-state index contributed by atoms with van der Waals surface area (Å²) in [4.78, 5) is 16.9. The minimum Gasteiger partial charge on any atom is -0.487 e. The molecule has 2 heterocycles. The van der Waals surface area contributed by atoms with Gasteiger partial charge >= 0.3 is 0 Å². The van der Waals surface area contributed by atoms with Crippen molar-refractivity contribution >= 4 is 23.4 Å². The SMILES string of the molecule is Cc1ccc(C)c(-n2c(C)nnc2SCC(=O)Nc2cccc(OCc3ccccn3)c2)c1. The zero-order valence-electron chi connectivity index (χ0n) is 18.8. The third-order valence-electron chi connectivity index (χ3n) is 4.96. The molecule has 0 aliphatic heterocycles. The van der Waals surface area contributed by atoms with Crippen molar-refractivity contribution in [3.05, 3.63) is 89.5 Å². The van der Waals surface area contributed by atoms with E-state index in [-0.39, 0.29) is 11.7 Å². The molecule has 0 saturated carbocycles. The molecule has 4 rings (SSSR count). The van der Waals surface area contributed by atoms with Crippen LogP contribution < -0.4 is 10.1 Å². The third kappa shape index (κ3) is 5.78. The maximum atomic E-state index is 12.6. The Labute approximate surface area is 197 Å². The van der Waals surface area contributed by atoms with Crippen LogP contribution in [0.1, 0.15) is 22.6 Å². The Hall–Kier alpha value is -3.65. The van der Waals surface area contributed by atoms with E-state index < -0.39 is 0 Å². The number of hydrogen-bond acceptors (Lipinski definition) is 6. The van der Waals surface area contributed by atoms with Gasteiger partial charge in [0.05, 0.1) is 17.1 Å². The minimum absolute atomic E-state index is 0.130. The average molecular weight is 460 g/mol. The molecule has 168 valence electrons. The van der Waals surface area contributed by atoms with Crippen LogP contribution >= 0.6 is 11.8 Å². The highest BCUT2D eigenvalue weighted by molar-refractivity contribution is 7.99. The average Bonchev–Trinajstić information content (AvgIpc) is 3.19. The fourth-order valence-electron chi connectivity index (χ4n) is 3.31. The number of anilines is 1. The highest BCUT2D eigenvalue weighted by atomic mass is 32.2. The number of nitrogens with one attached hydrogen (secondary N) is 1. The molecule has 1 amide bonds. The summed E-state index contributed by atoms with van der Waals surface area (Å²) in [5, 5.41) is 12.1. The molecule has 33 heavy (non-hydrogen) atoms. The van der Waals surface area contributed by atoms with Crippen LogP contribution in [0.15, 0.2) is 72.0 Å². The van der Waals surface area contributed by atoms with Crippen LogP contribution in [0.3, 0.4) is 0 Å². The number of carbonyl (C=O) groups excluding carboxylic acids is 1. The van der Waals surface area contributed by atoms with Gasteiger partial charge < -0.3 is 10.1 Å². The van der Waals surface area contributed by atoms with E-state index in [2.05, 4.69) is 52.5 Å². The molecule has 4 aromatic rings. The summed E-state index contributed by atoms with van der Waals surface area (Å²) in [6.07, 6.45) is 1.73. The molecule has 0 atom stereocenters. The maximum absolute atomic E-state index is 12.6. The lowest BCUT2D eigenvalue weighted by Crippen LogP contribution is -2.14. The van der Waals surface area contributed by atoms with Crippen LogP contribution in [-0.2, 0) is 11.4 Å². The normalized spacial score (nSPS) is 10.8. The smallest absolute Gasteiger partial charge is 0.234 e. The second-order valence-electron chi connectivity index (χ2n) is 7.63. The van der Waals surface area contributed by atoms with E-state index >= 15 is 0 Å². The standard InChI is InChI=1S/C25H25N5O2S/c1-17-10-11-18(2)23(13-17)30-19(3)28-29-25(30)33-16-24(31)27-20-8-6-9-22(14-20)32-15-21-7-4-5-12-26-21/h4-14H,15-16H2,1-3H3,(H,27,31). The van der Waals surface area contributed by atoms with Gasteiger partial charge in [-0.1, -0.05) is 36.0 Å². The van der Waals surface area contributed by atoms with Crippen molar-refractivity contribution in [3.63, 3.8) is 0 Å². The van der Waals surface area contributed by atoms with Gasteiger partial charge in [0.25, 0.3) is 0 Å². The minimum atomic E-state index is -0.130. The number of pyridine rings is 1. The number of amides is 1. The first kappa shape index (κ1) is 22.5. The molecule has 0 fully saturated rings. The van der Waals surface area contributed by atoms with Crippen LogP contribution in [0, 0.1) is 20.8 Å². The number of aromatic nitrogens is 4. The molecule has 7 nitrogen and oxygen atoms in total. The molecule has 0 bridgehead atoms. The molecule has 0 saturated heterocycles. The van der Waals surface area contributed by atoms with Crippen molar-refractivity contribution in [2.45, 2.75) is 32.5 Å². The van der Waals surface area contributed by atoms with Gasteiger partial charge in [0, 0.05) is 18.0 Å². The number of carbonyl (C=O) groups is 1. The van der Waals surface area contributed by atoms with Crippen molar-refractivity contribution in [1.29, 1.82) is 0 Å². The zero-order valence-corrected chi connectivity index (χ0v) is 19.6. The predicted molar refractivity (Wildman–Crippen MR) is 130 cm³/mol. The number of aryl methyl sites for hydroxylation is 3. The van der Waals surface area contributed by atoms with Gasteiger partial charge in [-0.05, 0) is 62.2 Å². The van der Waals surface area contributed by atoms with E-state index in [1.54, 1.807) is 12.3 Å². The Balaban J connectivity index is 1.38. The first-order chi connectivity index (χ1) is 16.0. The van der Waals surface area contributed by atoms with Crippen LogP contribution in [0.4, 0.5) is 5.69 Å². The molecule has 0 aliphatic carbocycles. The number of benzene rings is 2. The summed E-state index contributed by atoms with van der Waals surface area (Å²) in [7, 11) is 0. The number of ether oxygens (including phenoxy) is 1. The highest BCUT2D eigenvalue weighted by Gasteiger charge is 2.15. The van der Waals surface area contributed by atoms with E-state index in [1.165, 1.54) is 11.8 Å². The zero-order chi connectivity index (χ0) is 23.2. The quantitative estimate of drug-likeness (QED) is 0.378. The summed E-state index contributed by atoms with van der Waals surface area (Å²) < 4.78 is 7.78. The Kier molecular flexibility index (Phi) is 7.04. The van der Waals surface area contributed by atoms with Gasteiger partial charge in [-0.25, -0.2) is 0 Å². The molecular weight excluding hydrogens is 434 g/mol. The summed E-state index contributed by atoms with van der Waals surface area (Å²) in [5.41, 5.74) is 4.82. The van der Waals surface area contributed by atoms with Gasteiger partial charge in [-0.15, -0.1) is 10.2 Å². The monoisotopic (exact) mass is 459 g/mol. The van der Waals surface area contributed by atoms with Gasteiger partial charge in [0.2, 0.25) is 5.91 Å². The number of rotatable bonds is 8. The molecule has 2 aromatic heterocycles. The number of thioether (sulfide) groups is 1. The molecule has 0 radical (unpaired) electrons. The number of nitrogens with zero attached hydrogens (tertiary/aromatic N) is 4. The van der Waals surface area contributed by atoms with Gasteiger partial charge in [-0.2, -0.15) is 0 Å². The van der Waals surface area contributed by atoms with Gasteiger partial charge in [0.1, 0.15) is 18.2 Å². The summed E-state index contributed by atoms with van der Waals surface area (Å²) in [6.45, 7) is 6.38. The lowest BCUT2D eigenvalue weighted by atomic mass is 10.1. The second-order valence-corrected chi connectivity index (χ2v) is 8.57. The molecule has 0 aliphatic rings. The Bertz CT molecular complexity index is 1260. The van der Waals surface area contributed by atoms with Crippen LogP contribution in [0.2, 0.25) is 0 Å². The van der Waals surface area contributed by atoms with Crippen LogP contribution in [0.5, 0.6) is 5.75 Å². The topological polar surface area (TPSA) is 81.9 Å². The van der Waals surface area contributed by atoms with E-state index in [9.17, 15) is 4.79 Å². The number of hydrogen-bond donors (Lipinski definition) is 1. The van der Waals surface area contributed by atoms with Crippen molar-refractivity contribution in [1.82, 2.24) is 19.7 Å². The fourth-order valence-corrected chi connectivity index (χ4v) is 4.10. The van der Waals surface area contributed by atoms with Crippen molar-refractivity contribution in [2.75, 3.05) is 11.1 Å².